The predicted octanol–water partition coefficient (Wildman–Crippen LogP) is 3.09. The highest BCUT2D eigenvalue weighted by atomic mass is 19.1. The summed E-state index contributed by atoms with van der Waals surface area (Å²) < 4.78 is 24.8. The highest BCUT2D eigenvalue weighted by Gasteiger charge is 2.46. The van der Waals surface area contributed by atoms with Crippen molar-refractivity contribution in [3.8, 4) is 11.5 Å². The number of carbonyl (C=O) groups is 1. The Morgan fingerprint density at radius 2 is 1.84 bits per heavy atom. The normalized spacial score (nSPS) is 16.8. The topological polar surface area (TPSA) is 59.6 Å². The minimum Gasteiger partial charge on any atom is -0.486 e. The molecule has 1 aliphatic heterocycles. The van der Waals surface area contributed by atoms with Crippen LogP contribution in [0.25, 0.3) is 0 Å². The Kier molecular flexibility index (Phi) is 3.95. The number of halogens is 1. The maximum atomic E-state index is 13.6. The van der Waals surface area contributed by atoms with Crippen LogP contribution < -0.4 is 20.1 Å². The van der Waals surface area contributed by atoms with Gasteiger partial charge in [-0.1, -0.05) is 24.3 Å². The second-order valence-electron chi connectivity index (χ2n) is 6.34. The van der Waals surface area contributed by atoms with Gasteiger partial charge in [0.1, 0.15) is 19.0 Å². The van der Waals surface area contributed by atoms with Gasteiger partial charge in [-0.25, -0.2) is 9.18 Å². The fourth-order valence-electron chi connectivity index (χ4n) is 3.03. The Hall–Kier alpha value is -2.76. The highest BCUT2D eigenvalue weighted by molar-refractivity contribution is 5.75. The van der Waals surface area contributed by atoms with Crippen molar-refractivity contribution in [1.82, 2.24) is 10.6 Å². The van der Waals surface area contributed by atoms with E-state index in [0.717, 1.165) is 24.2 Å². The van der Waals surface area contributed by atoms with E-state index >= 15 is 0 Å². The summed E-state index contributed by atoms with van der Waals surface area (Å²) in [5.41, 5.74) is 1.08. The van der Waals surface area contributed by atoms with Crippen LogP contribution in [0.5, 0.6) is 11.5 Å². The summed E-state index contributed by atoms with van der Waals surface area (Å²) in [4.78, 5) is 12.2. The molecule has 0 aromatic heterocycles. The van der Waals surface area contributed by atoms with E-state index in [0.29, 0.717) is 24.5 Å². The van der Waals surface area contributed by atoms with Crippen molar-refractivity contribution in [3.05, 3.63) is 59.4 Å². The smallest absolute Gasteiger partial charge is 0.315 e. The summed E-state index contributed by atoms with van der Waals surface area (Å²) in [6.07, 6.45) is 1.72. The molecule has 130 valence electrons. The van der Waals surface area contributed by atoms with Crippen molar-refractivity contribution in [1.29, 1.82) is 0 Å². The number of carbonyl (C=O) groups excluding carboxylic acids is 1. The molecule has 2 aromatic carbocycles. The number of fused-ring (bicyclic) bond motifs is 1. The van der Waals surface area contributed by atoms with Crippen LogP contribution in [0.4, 0.5) is 9.18 Å². The minimum absolute atomic E-state index is 0.149. The molecule has 4 rings (SSSR count). The number of rotatable bonds is 4. The molecule has 25 heavy (non-hydrogen) atoms. The van der Waals surface area contributed by atoms with Crippen LogP contribution in [0.2, 0.25) is 0 Å². The second kappa shape index (κ2) is 6.27. The molecule has 0 spiro atoms. The molecule has 0 unspecified atom stereocenters. The first kappa shape index (κ1) is 15.7. The fourth-order valence-corrected chi connectivity index (χ4v) is 3.03. The van der Waals surface area contributed by atoms with E-state index in [1.807, 2.05) is 18.2 Å². The maximum absolute atomic E-state index is 13.6. The molecule has 1 heterocycles. The Morgan fingerprint density at radius 1 is 1.08 bits per heavy atom. The van der Waals surface area contributed by atoms with E-state index in [1.165, 1.54) is 6.07 Å². The van der Waals surface area contributed by atoms with Crippen LogP contribution in [0.1, 0.15) is 24.0 Å². The number of hydrogen-bond acceptors (Lipinski definition) is 3. The van der Waals surface area contributed by atoms with E-state index in [9.17, 15) is 9.18 Å². The molecule has 2 amide bonds. The highest BCUT2D eigenvalue weighted by Crippen LogP contribution is 2.47. The molecule has 2 aliphatic rings. The van der Waals surface area contributed by atoms with E-state index in [-0.39, 0.29) is 23.9 Å². The first-order valence-corrected chi connectivity index (χ1v) is 8.36. The zero-order chi connectivity index (χ0) is 17.3. The molecule has 2 N–H and O–H groups in total. The molecule has 5 nitrogen and oxygen atoms in total. The van der Waals surface area contributed by atoms with Crippen LogP contribution >= 0.6 is 0 Å². The molecule has 2 aromatic rings. The molecular formula is C19H19FN2O3. The average Bonchev–Trinajstić information content (AvgIpc) is 3.41. The van der Waals surface area contributed by atoms with Crippen molar-refractivity contribution in [2.45, 2.75) is 24.9 Å². The summed E-state index contributed by atoms with van der Waals surface area (Å²) in [5.74, 6) is 1.12. The Labute approximate surface area is 145 Å². The number of amides is 2. The van der Waals surface area contributed by atoms with Gasteiger partial charge in [-0.3, -0.25) is 0 Å². The van der Waals surface area contributed by atoms with Gasteiger partial charge in [-0.05, 0) is 36.6 Å². The first-order valence-electron chi connectivity index (χ1n) is 8.36. The lowest BCUT2D eigenvalue weighted by molar-refractivity contribution is 0.171. The third-order valence-electron chi connectivity index (χ3n) is 4.59. The van der Waals surface area contributed by atoms with Crippen LogP contribution in [-0.2, 0) is 12.1 Å². The van der Waals surface area contributed by atoms with Gasteiger partial charge < -0.3 is 20.1 Å². The lowest BCUT2D eigenvalue weighted by atomic mass is 10.0. The Bertz CT molecular complexity index is 805. The van der Waals surface area contributed by atoms with Gasteiger partial charge in [-0.2, -0.15) is 0 Å². The van der Waals surface area contributed by atoms with Crippen LogP contribution in [0, 0.1) is 5.82 Å². The third-order valence-corrected chi connectivity index (χ3v) is 4.59. The van der Waals surface area contributed by atoms with Crippen LogP contribution in [-0.4, -0.2) is 19.2 Å². The lowest BCUT2D eigenvalue weighted by Crippen LogP contribution is -2.42. The number of hydrogen-bond donors (Lipinski definition) is 2. The second-order valence-corrected chi connectivity index (χ2v) is 6.34. The van der Waals surface area contributed by atoms with Gasteiger partial charge in [0.15, 0.2) is 11.5 Å². The quantitative estimate of drug-likeness (QED) is 0.898. The number of ether oxygens (including phenoxy) is 2. The largest absolute Gasteiger partial charge is 0.486 e. The monoisotopic (exact) mass is 342 g/mol. The molecular weight excluding hydrogens is 323 g/mol. The van der Waals surface area contributed by atoms with Gasteiger partial charge >= 0.3 is 6.03 Å². The van der Waals surface area contributed by atoms with Crippen molar-refractivity contribution in [2.75, 3.05) is 13.2 Å². The van der Waals surface area contributed by atoms with Gasteiger partial charge in [-0.15, -0.1) is 0 Å². The zero-order valence-corrected chi connectivity index (χ0v) is 13.7. The van der Waals surface area contributed by atoms with Gasteiger partial charge in [0, 0.05) is 12.1 Å². The van der Waals surface area contributed by atoms with E-state index in [4.69, 9.17) is 9.47 Å². The maximum Gasteiger partial charge on any atom is 0.315 e. The van der Waals surface area contributed by atoms with E-state index < -0.39 is 0 Å². The van der Waals surface area contributed by atoms with E-state index in [1.54, 1.807) is 18.2 Å². The third kappa shape index (κ3) is 3.24. The van der Waals surface area contributed by atoms with Gasteiger partial charge in [0.2, 0.25) is 0 Å². The van der Waals surface area contributed by atoms with Crippen LogP contribution in [0.3, 0.4) is 0 Å². The minimum atomic E-state index is -0.380. The molecule has 1 saturated carbocycles. The predicted molar refractivity (Wildman–Crippen MR) is 90.1 cm³/mol. The molecule has 6 heteroatoms. The number of urea groups is 1. The molecule has 1 aliphatic carbocycles. The van der Waals surface area contributed by atoms with Crippen molar-refractivity contribution in [3.63, 3.8) is 0 Å². The number of benzene rings is 2. The summed E-state index contributed by atoms with van der Waals surface area (Å²) in [6, 6.07) is 11.9. The first-order chi connectivity index (χ1) is 12.2. The van der Waals surface area contributed by atoms with Gasteiger partial charge in [0.25, 0.3) is 0 Å². The molecule has 0 atom stereocenters. The molecule has 0 radical (unpaired) electrons. The summed E-state index contributed by atoms with van der Waals surface area (Å²) in [7, 11) is 0. The molecule has 0 saturated heterocycles. The van der Waals surface area contributed by atoms with E-state index in [2.05, 4.69) is 10.6 Å². The summed E-state index contributed by atoms with van der Waals surface area (Å²) in [6.45, 7) is 1.23. The summed E-state index contributed by atoms with van der Waals surface area (Å²) >= 11 is 0. The average molecular weight is 342 g/mol. The standard InChI is InChI=1S/C19H19FN2O3/c20-15-4-2-1-3-13(15)12-21-18(23)22-19(7-8-19)14-5-6-16-17(11-14)25-10-9-24-16/h1-6,11H,7-10,12H2,(H2,21,22,23). The van der Waals surface area contributed by atoms with Crippen molar-refractivity contribution < 1.29 is 18.7 Å². The fraction of sp³-hybridized carbons (Fsp3) is 0.316. The zero-order valence-electron chi connectivity index (χ0n) is 13.7. The lowest BCUT2D eigenvalue weighted by Gasteiger charge is -2.23. The number of nitrogens with one attached hydrogen (secondary N) is 2. The SMILES string of the molecule is O=C(NCc1ccccc1F)NC1(c2ccc3c(c2)OCCO3)CC1. The van der Waals surface area contributed by atoms with Crippen LogP contribution in [0.15, 0.2) is 42.5 Å². The van der Waals surface area contributed by atoms with Crippen molar-refractivity contribution >= 4 is 6.03 Å². The van der Waals surface area contributed by atoms with Gasteiger partial charge in [0.05, 0.1) is 5.54 Å². The molecule has 0 bridgehead atoms. The van der Waals surface area contributed by atoms with Crippen molar-refractivity contribution in [2.24, 2.45) is 0 Å². The molecule has 1 fully saturated rings. The summed E-state index contributed by atoms with van der Waals surface area (Å²) in [5, 5.41) is 5.73. The Morgan fingerprint density at radius 3 is 2.60 bits per heavy atom. The Balaban J connectivity index is 1.41.